The van der Waals surface area contributed by atoms with Crippen molar-refractivity contribution in [2.45, 2.75) is 13.3 Å². The summed E-state index contributed by atoms with van der Waals surface area (Å²) in [5.41, 5.74) is -0.621. The number of benzene rings is 1. The first kappa shape index (κ1) is 13.1. The fourth-order valence-electron chi connectivity index (χ4n) is 1.11. The molecule has 0 bridgehead atoms. The fourth-order valence-corrected chi connectivity index (χ4v) is 1.11. The van der Waals surface area contributed by atoms with Gasteiger partial charge in [-0.15, -0.1) is 0 Å². The maximum Gasteiger partial charge on any atom is 0.313 e. The van der Waals surface area contributed by atoms with E-state index in [1.165, 1.54) is 0 Å². The third-order valence-electron chi connectivity index (χ3n) is 1.94. The van der Waals surface area contributed by atoms with Crippen molar-refractivity contribution in [1.29, 1.82) is 0 Å². The summed E-state index contributed by atoms with van der Waals surface area (Å²) in [6, 6.07) is 3.14. The smallest absolute Gasteiger partial charge is 0.313 e. The van der Waals surface area contributed by atoms with Crippen LogP contribution in [0.3, 0.4) is 0 Å². The molecule has 0 aromatic heterocycles. The quantitative estimate of drug-likeness (QED) is 0.788. The van der Waals surface area contributed by atoms with E-state index in [4.69, 9.17) is 0 Å². The first-order valence-corrected chi connectivity index (χ1v) is 5.09. The summed E-state index contributed by atoms with van der Waals surface area (Å²) < 4.78 is 26.3. The van der Waals surface area contributed by atoms with Gasteiger partial charge in [0.05, 0.1) is 0 Å². The van der Waals surface area contributed by atoms with E-state index >= 15 is 0 Å². The Morgan fingerprint density at radius 2 is 1.76 bits per heavy atom. The number of halogens is 2. The van der Waals surface area contributed by atoms with Gasteiger partial charge in [-0.05, 0) is 18.6 Å². The van der Waals surface area contributed by atoms with Crippen LogP contribution in [0.2, 0.25) is 0 Å². The second-order valence-electron chi connectivity index (χ2n) is 3.31. The summed E-state index contributed by atoms with van der Waals surface area (Å²) in [7, 11) is 0. The van der Waals surface area contributed by atoms with Gasteiger partial charge in [-0.2, -0.15) is 0 Å². The molecule has 0 radical (unpaired) electrons. The molecule has 0 spiro atoms. The minimum Gasteiger partial charge on any atom is -0.348 e. The van der Waals surface area contributed by atoms with Crippen LogP contribution >= 0.6 is 0 Å². The number of carbonyl (C=O) groups is 2. The van der Waals surface area contributed by atoms with Crippen molar-refractivity contribution in [2.75, 3.05) is 11.9 Å². The molecule has 2 N–H and O–H groups in total. The summed E-state index contributed by atoms with van der Waals surface area (Å²) in [4.78, 5) is 22.4. The van der Waals surface area contributed by atoms with Crippen LogP contribution in [0.4, 0.5) is 14.5 Å². The van der Waals surface area contributed by atoms with E-state index in [1.807, 2.05) is 12.2 Å². The van der Waals surface area contributed by atoms with Gasteiger partial charge in [-0.3, -0.25) is 9.59 Å². The highest BCUT2D eigenvalue weighted by Gasteiger charge is 2.17. The molecule has 0 atom stereocenters. The Bertz CT molecular complexity index is 415. The molecule has 0 heterocycles. The highest BCUT2D eigenvalue weighted by Crippen LogP contribution is 2.17. The average Bonchev–Trinajstić information content (AvgIpc) is 2.30. The minimum absolute atomic E-state index is 0.325. The molecular weight excluding hydrogens is 230 g/mol. The Labute approximate surface area is 97.0 Å². The van der Waals surface area contributed by atoms with Crippen molar-refractivity contribution >= 4 is 17.5 Å². The highest BCUT2D eigenvalue weighted by molar-refractivity contribution is 6.39. The monoisotopic (exact) mass is 242 g/mol. The minimum atomic E-state index is -1.09. The number of nitrogens with one attached hydrogen (secondary N) is 2. The zero-order chi connectivity index (χ0) is 12.8. The Morgan fingerprint density at radius 3 is 2.29 bits per heavy atom. The molecule has 0 aliphatic heterocycles. The summed E-state index contributed by atoms with van der Waals surface area (Å²) in [6.07, 6.45) is 0.660. The van der Waals surface area contributed by atoms with E-state index in [9.17, 15) is 18.4 Å². The van der Waals surface area contributed by atoms with Gasteiger partial charge in [0.15, 0.2) is 0 Å². The van der Waals surface area contributed by atoms with Crippen LogP contribution < -0.4 is 10.6 Å². The van der Waals surface area contributed by atoms with Gasteiger partial charge in [0, 0.05) is 6.54 Å². The largest absolute Gasteiger partial charge is 0.348 e. The first-order chi connectivity index (χ1) is 8.06. The van der Waals surface area contributed by atoms with E-state index in [2.05, 4.69) is 5.32 Å². The van der Waals surface area contributed by atoms with Crippen LogP contribution in [-0.2, 0) is 9.59 Å². The number of rotatable bonds is 3. The van der Waals surface area contributed by atoms with Crippen LogP contribution in [0.5, 0.6) is 0 Å². The maximum atomic E-state index is 13.1. The summed E-state index contributed by atoms with van der Waals surface area (Å²) in [5, 5.41) is 4.18. The van der Waals surface area contributed by atoms with Gasteiger partial charge < -0.3 is 10.6 Å². The van der Waals surface area contributed by atoms with Gasteiger partial charge in [-0.1, -0.05) is 13.0 Å². The molecule has 1 rings (SSSR count). The molecule has 0 saturated heterocycles. The van der Waals surface area contributed by atoms with Crippen molar-refractivity contribution in [3.05, 3.63) is 29.8 Å². The molecule has 92 valence electrons. The maximum absolute atomic E-state index is 13.1. The summed E-state index contributed by atoms with van der Waals surface area (Å²) >= 11 is 0. The lowest BCUT2D eigenvalue weighted by Gasteiger charge is -2.07. The second kappa shape index (κ2) is 5.93. The van der Waals surface area contributed by atoms with Crippen molar-refractivity contribution in [2.24, 2.45) is 0 Å². The first-order valence-electron chi connectivity index (χ1n) is 5.09. The lowest BCUT2D eigenvalue weighted by molar-refractivity contribution is -0.136. The zero-order valence-corrected chi connectivity index (χ0v) is 9.22. The highest BCUT2D eigenvalue weighted by atomic mass is 19.1. The molecule has 6 heteroatoms. The molecule has 17 heavy (non-hydrogen) atoms. The lowest BCUT2D eigenvalue weighted by atomic mass is 10.3. The molecule has 1 aromatic carbocycles. The van der Waals surface area contributed by atoms with Gasteiger partial charge >= 0.3 is 11.8 Å². The van der Waals surface area contributed by atoms with Crippen molar-refractivity contribution < 1.29 is 18.4 Å². The normalized spacial score (nSPS) is 9.82. The zero-order valence-electron chi connectivity index (χ0n) is 9.22. The van der Waals surface area contributed by atoms with E-state index in [0.717, 1.165) is 18.2 Å². The van der Waals surface area contributed by atoms with E-state index < -0.39 is 29.1 Å². The molecule has 4 nitrogen and oxygen atoms in total. The molecule has 0 unspecified atom stereocenters. The van der Waals surface area contributed by atoms with Gasteiger partial charge in [0.25, 0.3) is 0 Å². The third kappa shape index (κ3) is 3.51. The number of hydrogen-bond donors (Lipinski definition) is 2. The number of anilines is 1. The number of carbonyl (C=O) groups excluding carboxylic acids is 2. The van der Waals surface area contributed by atoms with Gasteiger partial charge in [0.1, 0.15) is 17.3 Å². The number of amides is 2. The fraction of sp³-hybridized carbons (Fsp3) is 0.273. The number of hydrogen-bond acceptors (Lipinski definition) is 2. The lowest BCUT2D eigenvalue weighted by Crippen LogP contribution is -2.36. The molecule has 0 fully saturated rings. The van der Waals surface area contributed by atoms with Gasteiger partial charge in [-0.25, -0.2) is 8.78 Å². The van der Waals surface area contributed by atoms with Crippen LogP contribution in [0.25, 0.3) is 0 Å². The van der Waals surface area contributed by atoms with Crippen molar-refractivity contribution in [3.8, 4) is 0 Å². The third-order valence-corrected chi connectivity index (χ3v) is 1.94. The molecule has 0 aliphatic carbocycles. The van der Waals surface area contributed by atoms with E-state index in [0.29, 0.717) is 13.0 Å². The van der Waals surface area contributed by atoms with Crippen LogP contribution in [0.15, 0.2) is 18.2 Å². The molecule has 0 saturated carbocycles. The Balaban J connectivity index is 2.71. The Kier molecular flexibility index (Phi) is 4.56. The molecule has 0 aliphatic rings. The predicted molar refractivity (Wildman–Crippen MR) is 58.3 cm³/mol. The average molecular weight is 242 g/mol. The Hall–Kier alpha value is -1.98. The Morgan fingerprint density at radius 1 is 1.18 bits per heavy atom. The summed E-state index contributed by atoms with van der Waals surface area (Å²) in [5.74, 6) is -3.87. The van der Waals surface area contributed by atoms with Gasteiger partial charge in [0.2, 0.25) is 0 Å². The van der Waals surface area contributed by atoms with E-state index in [1.54, 1.807) is 0 Å². The standard InChI is InChI=1S/C11H12F2N2O2/c1-2-6-14-10(16)11(17)15-9-7(12)4-3-5-8(9)13/h3-5H,2,6H2,1H3,(H,14,16)(H,15,17). The van der Waals surface area contributed by atoms with Crippen LogP contribution in [-0.4, -0.2) is 18.4 Å². The van der Waals surface area contributed by atoms with Crippen LogP contribution in [0.1, 0.15) is 13.3 Å². The van der Waals surface area contributed by atoms with Crippen molar-refractivity contribution in [1.82, 2.24) is 5.32 Å². The molecule has 2 amide bonds. The van der Waals surface area contributed by atoms with Crippen LogP contribution in [0, 0.1) is 11.6 Å². The molecular formula is C11H12F2N2O2. The summed E-state index contributed by atoms with van der Waals surface area (Å²) in [6.45, 7) is 2.14. The second-order valence-corrected chi connectivity index (χ2v) is 3.31. The van der Waals surface area contributed by atoms with Crippen molar-refractivity contribution in [3.63, 3.8) is 0 Å². The van der Waals surface area contributed by atoms with E-state index in [-0.39, 0.29) is 0 Å². The topological polar surface area (TPSA) is 58.2 Å². The SMILES string of the molecule is CCCNC(=O)C(=O)Nc1c(F)cccc1F. The predicted octanol–water partition coefficient (Wildman–Crippen LogP) is 1.43. The number of para-hydroxylation sites is 1. The molecule has 1 aromatic rings.